The van der Waals surface area contributed by atoms with Gasteiger partial charge < -0.3 is 35.5 Å². The van der Waals surface area contributed by atoms with Crippen molar-refractivity contribution >= 4 is 46.0 Å². The van der Waals surface area contributed by atoms with Crippen molar-refractivity contribution in [3.8, 4) is 11.5 Å². The van der Waals surface area contributed by atoms with Crippen LogP contribution in [0.4, 0.5) is 11.4 Å². The third-order valence-corrected chi connectivity index (χ3v) is 4.86. The average Bonchev–Trinajstić information content (AvgIpc) is 2.81. The number of nitrogens with one attached hydrogen (secondary N) is 4. The van der Waals surface area contributed by atoms with Crippen LogP contribution >= 0.6 is 24.4 Å². The van der Waals surface area contributed by atoms with Gasteiger partial charge in [-0.3, -0.25) is 0 Å². The predicted octanol–water partition coefficient (Wildman–Crippen LogP) is 4.90. The molecule has 0 fully saturated rings. The van der Waals surface area contributed by atoms with E-state index in [1.54, 1.807) is 0 Å². The normalized spacial score (nSPS) is 10.4. The van der Waals surface area contributed by atoms with Crippen molar-refractivity contribution in [2.45, 2.75) is 26.7 Å². The second-order valence-corrected chi connectivity index (χ2v) is 7.83. The smallest absolute Gasteiger partial charge is 0.170 e. The Morgan fingerprint density at radius 1 is 0.667 bits per heavy atom. The lowest BCUT2D eigenvalue weighted by Crippen LogP contribution is -2.29. The summed E-state index contributed by atoms with van der Waals surface area (Å²) in [5, 5.41) is 13.8. The number of thiocarbonyl (C=S) groups is 2. The molecule has 0 amide bonds. The number of ether oxygens (including phenoxy) is 3. The molecule has 4 N–H and O–H groups in total. The predicted molar refractivity (Wildman–Crippen MR) is 144 cm³/mol. The van der Waals surface area contributed by atoms with Gasteiger partial charge in [-0.15, -0.1) is 0 Å². The molecule has 0 saturated carbocycles. The van der Waals surface area contributed by atoms with E-state index in [4.69, 9.17) is 38.6 Å². The summed E-state index contributed by atoms with van der Waals surface area (Å²) < 4.78 is 16.5. The Kier molecular flexibility index (Phi) is 13.2. The van der Waals surface area contributed by atoms with Gasteiger partial charge in [-0.2, -0.15) is 0 Å². The molecule has 2 rings (SSSR count). The fourth-order valence-electron chi connectivity index (χ4n) is 2.74. The first-order valence-corrected chi connectivity index (χ1v) is 12.1. The minimum atomic E-state index is 0.588. The van der Waals surface area contributed by atoms with E-state index in [9.17, 15) is 0 Å². The van der Waals surface area contributed by atoms with Crippen molar-refractivity contribution in [2.75, 3.05) is 50.2 Å². The van der Waals surface area contributed by atoms with Crippen LogP contribution in [0.2, 0.25) is 0 Å². The molecule has 0 aliphatic rings. The second-order valence-electron chi connectivity index (χ2n) is 7.01. The van der Waals surface area contributed by atoms with Gasteiger partial charge >= 0.3 is 0 Å². The van der Waals surface area contributed by atoms with Crippen LogP contribution in [0.15, 0.2) is 48.5 Å². The van der Waals surface area contributed by atoms with Crippen LogP contribution in [-0.4, -0.2) is 49.7 Å². The molecule has 0 aliphatic heterocycles. The van der Waals surface area contributed by atoms with E-state index in [2.05, 4.69) is 21.3 Å². The van der Waals surface area contributed by atoms with Crippen molar-refractivity contribution in [3.05, 3.63) is 48.5 Å². The van der Waals surface area contributed by atoms with E-state index < -0.39 is 0 Å². The van der Waals surface area contributed by atoms with Crippen LogP contribution in [0.25, 0.3) is 0 Å². The molecule has 0 heterocycles. The lowest BCUT2D eigenvalue weighted by molar-refractivity contribution is 0.145. The van der Waals surface area contributed by atoms with E-state index in [-0.39, 0.29) is 0 Å². The Bertz CT molecular complexity index is 763. The van der Waals surface area contributed by atoms with Crippen LogP contribution < -0.4 is 26.0 Å². The van der Waals surface area contributed by atoms with Crippen LogP contribution in [0.1, 0.15) is 26.7 Å². The van der Waals surface area contributed by atoms with Gasteiger partial charge in [0.25, 0.3) is 0 Å². The van der Waals surface area contributed by atoms with Crippen LogP contribution in [0.5, 0.6) is 11.5 Å². The minimum Gasteiger partial charge on any atom is -0.457 e. The SMILES string of the molecule is CCOCCCNC(=S)Nc1ccc(Oc2ccc(NC(=S)NCCCOCC)cc2)cc1. The number of rotatable bonds is 14. The lowest BCUT2D eigenvalue weighted by atomic mass is 10.3. The molecule has 0 radical (unpaired) electrons. The fraction of sp³-hybridized carbons (Fsp3) is 0.417. The second kappa shape index (κ2) is 16.2. The molecule has 2 aromatic rings. The van der Waals surface area contributed by atoms with Gasteiger partial charge in [0.2, 0.25) is 0 Å². The number of hydrogen-bond donors (Lipinski definition) is 4. The Morgan fingerprint density at radius 2 is 1.06 bits per heavy atom. The molecule has 33 heavy (non-hydrogen) atoms. The maximum absolute atomic E-state index is 5.92. The van der Waals surface area contributed by atoms with Crippen molar-refractivity contribution in [2.24, 2.45) is 0 Å². The summed E-state index contributed by atoms with van der Waals surface area (Å²) in [4.78, 5) is 0. The molecule has 0 aromatic heterocycles. The van der Waals surface area contributed by atoms with Gasteiger partial charge in [-0.25, -0.2) is 0 Å². The molecule has 0 atom stereocenters. The number of benzene rings is 2. The Labute approximate surface area is 207 Å². The quantitative estimate of drug-likeness (QED) is 0.218. The summed E-state index contributed by atoms with van der Waals surface area (Å²) in [5.41, 5.74) is 1.79. The van der Waals surface area contributed by atoms with Gasteiger partial charge in [-0.05, 0) is 99.7 Å². The van der Waals surface area contributed by atoms with Crippen LogP contribution in [0.3, 0.4) is 0 Å². The molecule has 0 saturated heterocycles. The lowest BCUT2D eigenvalue weighted by Gasteiger charge is -2.12. The monoisotopic (exact) mass is 490 g/mol. The van der Waals surface area contributed by atoms with E-state index in [0.717, 1.165) is 75.2 Å². The first kappa shape index (κ1) is 26.8. The van der Waals surface area contributed by atoms with Crippen molar-refractivity contribution in [3.63, 3.8) is 0 Å². The van der Waals surface area contributed by atoms with E-state index in [1.807, 2.05) is 62.4 Å². The molecule has 0 bridgehead atoms. The standard InChI is InChI=1S/C24H34N4O3S2/c1-3-29-17-5-15-25-23(32)27-19-7-11-21(12-8-19)31-22-13-9-20(10-14-22)28-24(33)26-16-6-18-30-4-2/h7-14H,3-6,15-18H2,1-2H3,(H2,25,27,32)(H2,26,28,33). The van der Waals surface area contributed by atoms with Gasteiger partial charge in [0.1, 0.15) is 11.5 Å². The largest absolute Gasteiger partial charge is 0.457 e. The molecule has 180 valence electrons. The Morgan fingerprint density at radius 3 is 1.42 bits per heavy atom. The number of hydrogen-bond acceptors (Lipinski definition) is 5. The van der Waals surface area contributed by atoms with Crippen LogP contribution in [0, 0.1) is 0 Å². The van der Waals surface area contributed by atoms with Gasteiger partial charge in [0, 0.05) is 50.9 Å². The Balaban J connectivity index is 1.71. The van der Waals surface area contributed by atoms with E-state index in [0.29, 0.717) is 10.2 Å². The molecule has 7 nitrogen and oxygen atoms in total. The first-order valence-electron chi connectivity index (χ1n) is 11.2. The highest BCUT2D eigenvalue weighted by Gasteiger charge is 2.02. The minimum absolute atomic E-state index is 0.588. The molecule has 0 spiro atoms. The number of anilines is 2. The highest BCUT2D eigenvalue weighted by atomic mass is 32.1. The van der Waals surface area contributed by atoms with Gasteiger partial charge in [-0.1, -0.05) is 0 Å². The maximum atomic E-state index is 5.92. The van der Waals surface area contributed by atoms with Crippen molar-refractivity contribution < 1.29 is 14.2 Å². The summed E-state index contributed by atoms with van der Waals surface area (Å²) in [7, 11) is 0. The molecule has 0 unspecified atom stereocenters. The average molecular weight is 491 g/mol. The zero-order valence-electron chi connectivity index (χ0n) is 19.3. The third kappa shape index (κ3) is 11.8. The highest BCUT2D eigenvalue weighted by molar-refractivity contribution is 7.80. The van der Waals surface area contributed by atoms with Crippen molar-refractivity contribution in [1.82, 2.24) is 10.6 Å². The summed E-state index contributed by atoms with van der Waals surface area (Å²) in [6, 6.07) is 15.3. The van der Waals surface area contributed by atoms with E-state index in [1.165, 1.54) is 0 Å². The zero-order chi connectivity index (χ0) is 23.7. The maximum Gasteiger partial charge on any atom is 0.170 e. The van der Waals surface area contributed by atoms with Crippen molar-refractivity contribution in [1.29, 1.82) is 0 Å². The molecule has 2 aromatic carbocycles. The molecule has 0 aliphatic carbocycles. The zero-order valence-corrected chi connectivity index (χ0v) is 20.9. The first-order chi connectivity index (χ1) is 16.1. The summed E-state index contributed by atoms with van der Waals surface area (Å²) in [5.74, 6) is 1.48. The summed E-state index contributed by atoms with van der Waals surface area (Å²) in [6.45, 7) is 8.45. The summed E-state index contributed by atoms with van der Waals surface area (Å²) >= 11 is 10.6. The van der Waals surface area contributed by atoms with E-state index >= 15 is 0 Å². The topological polar surface area (TPSA) is 75.8 Å². The molecule has 9 heteroatoms. The summed E-state index contributed by atoms with van der Waals surface area (Å²) in [6.07, 6.45) is 1.82. The van der Waals surface area contributed by atoms with Gasteiger partial charge in [0.15, 0.2) is 10.2 Å². The Hall–Kier alpha value is -2.46. The third-order valence-electron chi connectivity index (χ3n) is 4.37. The highest BCUT2D eigenvalue weighted by Crippen LogP contribution is 2.24. The van der Waals surface area contributed by atoms with Crippen LogP contribution in [-0.2, 0) is 9.47 Å². The van der Waals surface area contributed by atoms with Gasteiger partial charge in [0.05, 0.1) is 0 Å². The molecular weight excluding hydrogens is 456 g/mol. The fourth-order valence-corrected chi connectivity index (χ4v) is 3.18. The molecular formula is C24H34N4O3S2.